The fourth-order valence-corrected chi connectivity index (χ4v) is 3.54. The molecular formula is C15H16F3NO2. The number of carbonyl (C=O) groups is 1. The number of methoxy groups -OCH3 is 1. The van der Waals surface area contributed by atoms with E-state index in [1.807, 2.05) is 18.2 Å². The zero-order chi connectivity index (χ0) is 15.2. The van der Waals surface area contributed by atoms with Gasteiger partial charge in [0.1, 0.15) is 5.75 Å². The van der Waals surface area contributed by atoms with Crippen molar-refractivity contribution in [1.29, 1.82) is 0 Å². The molecule has 0 spiro atoms. The lowest BCUT2D eigenvalue weighted by molar-refractivity contribution is -0.189. The highest BCUT2D eigenvalue weighted by Gasteiger charge is 2.49. The van der Waals surface area contributed by atoms with Crippen molar-refractivity contribution in [2.24, 2.45) is 0 Å². The van der Waals surface area contributed by atoms with Gasteiger partial charge in [0.05, 0.1) is 7.11 Å². The van der Waals surface area contributed by atoms with Crippen molar-refractivity contribution in [2.45, 2.75) is 37.4 Å². The number of hydrogen-bond acceptors (Lipinski definition) is 2. The first-order valence-electron chi connectivity index (χ1n) is 6.96. The van der Waals surface area contributed by atoms with Crippen molar-refractivity contribution in [3.05, 3.63) is 29.3 Å². The Morgan fingerprint density at radius 1 is 1.38 bits per heavy atom. The van der Waals surface area contributed by atoms with Gasteiger partial charge in [-0.2, -0.15) is 13.2 Å². The zero-order valence-electron chi connectivity index (χ0n) is 11.6. The number of carbonyl (C=O) groups excluding carboxylic acids is 1. The number of nitrogens with zero attached hydrogens (tertiary/aromatic N) is 1. The summed E-state index contributed by atoms with van der Waals surface area (Å²) in [5.41, 5.74) is 2.05. The van der Waals surface area contributed by atoms with E-state index in [0.29, 0.717) is 18.6 Å². The molecule has 3 nitrogen and oxygen atoms in total. The van der Waals surface area contributed by atoms with E-state index in [0.717, 1.165) is 22.4 Å². The number of halogens is 3. The molecular weight excluding hydrogens is 283 g/mol. The van der Waals surface area contributed by atoms with Gasteiger partial charge in [-0.25, -0.2) is 0 Å². The Labute approximate surface area is 120 Å². The molecule has 1 aliphatic heterocycles. The molecule has 0 radical (unpaired) electrons. The van der Waals surface area contributed by atoms with E-state index in [1.165, 1.54) is 0 Å². The number of fused-ring (bicyclic) bond motifs is 3. The Balaban J connectivity index is 1.91. The second-order valence-corrected chi connectivity index (χ2v) is 5.58. The van der Waals surface area contributed by atoms with Crippen molar-refractivity contribution in [2.75, 3.05) is 13.7 Å². The van der Waals surface area contributed by atoms with E-state index in [-0.39, 0.29) is 18.5 Å². The van der Waals surface area contributed by atoms with Crippen molar-refractivity contribution < 1.29 is 22.7 Å². The second kappa shape index (κ2) is 4.93. The zero-order valence-corrected chi connectivity index (χ0v) is 11.6. The first kappa shape index (κ1) is 14.2. The van der Waals surface area contributed by atoms with Crippen LogP contribution in [0, 0.1) is 0 Å². The second-order valence-electron chi connectivity index (χ2n) is 5.58. The molecule has 1 aromatic carbocycles. The number of likely N-dealkylation sites (tertiary alicyclic amines) is 1. The van der Waals surface area contributed by atoms with E-state index in [4.69, 9.17) is 4.74 Å². The maximum Gasteiger partial charge on any atom is 0.471 e. The van der Waals surface area contributed by atoms with Crippen LogP contribution in [0.3, 0.4) is 0 Å². The Bertz CT molecular complexity index is 571. The summed E-state index contributed by atoms with van der Waals surface area (Å²) >= 11 is 0. The van der Waals surface area contributed by atoms with E-state index in [2.05, 4.69) is 0 Å². The van der Waals surface area contributed by atoms with Crippen LogP contribution < -0.4 is 4.74 Å². The summed E-state index contributed by atoms with van der Waals surface area (Å²) < 4.78 is 43.4. The predicted molar refractivity (Wildman–Crippen MR) is 70.2 cm³/mol. The minimum atomic E-state index is -4.80. The van der Waals surface area contributed by atoms with Gasteiger partial charge in [-0.15, -0.1) is 0 Å². The van der Waals surface area contributed by atoms with Crippen molar-refractivity contribution in [1.82, 2.24) is 4.90 Å². The van der Waals surface area contributed by atoms with Gasteiger partial charge in [0.25, 0.3) is 0 Å². The molecule has 1 fully saturated rings. The van der Waals surface area contributed by atoms with E-state index < -0.39 is 12.1 Å². The lowest BCUT2D eigenvalue weighted by Crippen LogP contribution is -2.51. The number of rotatable bonds is 1. The van der Waals surface area contributed by atoms with Gasteiger partial charge < -0.3 is 9.64 Å². The summed E-state index contributed by atoms with van der Waals surface area (Å²) in [7, 11) is 1.56. The number of alkyl halides is 3. The van der Waals surface area contributed by atoms with Crippen LogP contribution in [-0.4, -0.2) is 36.7 Å². The first-order chi connectivity index (χ1) is 9.91. The van der Waals surface area contributed by atoms with Crippen molar-refractivity contribution in [3.8, 4) is 5.75 Å². The van der Waals surface area contributed by atoms with Gasteiger partial charge in [0, 0.05) is 18.5 Å². The summed E-state index contributed by atoms with van der Waals surface area (Å²) in [6.45, 7) is 0.185. The molecule has 2 atom stereocenters. The third-order valence-electron chi connectivity index (χ3n) is 4.46. The lowest BCUT2D eigenvalue weighted by atomic mass is 9.88. The summed E-state index contributed by atoms with van der Waals surface area (Å²) in [4.78, 5) is 12.6. The normalized spacial score (nSPS) is 24.5. The largest absolute Gasteiger partial charge is 0.497 e. The number of ether oxygens (including phenoxy) is 1. The van der Waals surface area contributed by atoms with Crippen LogP contribution in [0.1, 0.15) is 29.9 Å². The van der Waals surface area contributed by atoms with Gasteiger partial charge in [0.15, 0.2) is 0 Å². The van der Waals surface area contributed by atoms with Gasteiger partial charge in [-0.3, -0.25) is 4.79 Å². The highest BCUT2D eigenvalue weighted by atomic mass is 19.4. The maximum absolute atomic E-state index is 12.7. The average Bonchev–Trinajstić information content (AvgIpc) is 2.83. The molecule has 0 aromatic heterocycles. The molecule has 1 heterocycles. The highest BCUT2D eigenvalue weighted by molar-refractivity contribution is 5.82. The average molecular weight is 299 g/mol. The molecule has 114 valence electrons. The molecule has 21 heavy (non-hydrogen) atoms. The molecule has 1 amide bonds. The van der Waals surface area contributed by atoms with Crippen LogP contribution in [0.5, 0.6) is 5.75 Å². The number of hydrogen-bond donors (Lipinski definition) is 0. The van der Waals surface area contributed by atoms with Crippen molar-refractivity contribution in [3.63, 3.8) is 0 Å². The van der Waals surface area contributed by atoms with Gasteiger partial charge in [-0.1, -0.05) is 6.07 Å². The monoisotopic (exact) mass is 299 g/mol. The molecule has 1 aliphatic carbocycles. The number of piperidine rings is 1. The maximum atomic E-state index is 12.7. The minimum Gasteiger partial charge on any atom is -0.497 e. The van der Waals surface area contributed by atoms with Crippen LogP contribution in [0.4, 0.5) is 13.2 Å². The minimum absolute atomic E-state index is 0.0184. The van der Waals surface area contributed by atoms with Crippen molar-refractivity contribution >= 4 is 5.91 Å². The molecule has 1 aromatic rings. The fraction of sp³-hybridized carbons (Fsp3) is 0.533. The van der Waals surface area contributed by atoms with Crippen LogP contribution in [0.15, 0.2) is 18.2 Å². The molecule has 0 bridgehead atoms. The van der Waals surface area contributed by atoms with Gasteiger partial charge in [0.2, 0.25) is 0 Å². The summed E-state index contributed by atoms with van der Waals surface area (Å²) in [6, 6.07) is 5.21. The topological polar surface area (TPSA) is 29.5 Å². The molecule has 1 saturated heterocycles. The van der Waals surface area contributed by atoms with E-state index >= 15 is 0 Å². The van der Waals surface area contributed by atoms with E-state index in [9.17, 15) is 18.0 Å². The number of benzene rings is 1. The van der Waals surface area contributed by atoms with E-state index in [1.54, 1.807) is 7.11 Å². The quantitative estimate of drug-likeness (QED) is 0.798. The van der Waals surface area contributed by atoms with Gasteiger partial charge >= 0.3 is 12.1 Å². The SMILES string of the molecule is COc1ccc2c(c1)C1CCCN(C(=O)C(F)(F)F)C1C2. The molecule has 0 saturated carbocycles. The Morgan fingerprint density at radius 2 is 2.14 bits per heavy atom. The molecule has 6 heteroatoms. The number of amides is 1. The third kappa shape index (κ3) is 2.36. The Kier molecular flexibility index (Phi) is 3.34. The fourth-order valence-electron chi connectivity index (χ4n) is 3.54. The molecule has 2 unspecified atom stereocenters. The van der Waals surface area contributed by atoms with Crippen LogP contribution in [-0.2, 0) is 11.2 Å². The Morgan fingerprint density at radius 3 is 2.81 bits per heavy atom. The summed E-state index contributed by atoms with van der Waals surface area (Å²) in [5.74, 6) is -1.03. The molecule has 0 N–H and O–H groups in total. The third-order valence-corrected chi connectivity index (χ3v) is 4.46. The predicted octanol–water partition coefficient (Wildman–Crippen LogP) is 2.89. The standard InChI is InChI=1S/C15H16F3NO2/c1-21-10-5-4-9-7-13-11(12(9)8-10)3-2-6-19(13)14(20)15(16,17)18/h4-5,8,11,13H,2-3,6-7H2,1H3. The van der Waals surface area contributed by atoms with Crippen LogP contribution in [0.2, 0.25) is 0 Å². The Hall–Kier alpha value is -1.72. The lowest BCUT2D eigenvalue weighted by Gasteiger charge is -2.38. The van der Waals surface area contributed by atoms with Crippen LogP contribution in [0.25, 0.3) is 0 Å². The smallest absolute Gasteiger partial charge is 0.471 e. The first-order valence-corrected chi connectivity index (χ1v) is 6.96. The molecule has 2 aliphatic rings. The summed E-state index contributed by atoms with van der Waals surface area (Å²) in [5, 5.41) is 0. The molecule has 3 rings (SSSR count). The summed E-state index contributed by atoms with van der Waals surface area (Å²) in [6.07, 6.45) is -2.90. The van der Waals surface area contributed by atoms with Gasteiger partial charge in [-0.05, 0) is 42.5 Å². The highest BCUT2D eigenvalue weighted by Crippen LogP contribution is 2.44. The van der Waals surface area contributed by atoms with Crippen LogP contribution >= 0.6 is 0 Å².